The lowest BCUT2D eigenvalue weighted by Gasteiger charge is -2.28. The number of anilines is 1. The Morgan fingerprint density at radius 1 is 1.33 bits per heavy atom. The summed E-state index contributed by atoms with van der Waals surface area (Å²) in [5, 5.41) is 11.2. The van der Waals surface area contributed by atoms with Gasteiger partial charge in [-0.05, 0) is 25.0 Å². The summed E-state index contributed by atoms with van der Waals surface area (Å²) < 4.78 is 5.13. The molecule has 0 aliphatic carbocycles. The van der Waals surface area contributed by atoms with Crippen LogP contribution < -0.4 is 10.2 Å². The van der Waals surface area contributed by atoms with Gasteiger partial charge in [0.05, 0.1) is 18.4 Å². The number of carboxylic acids is 1. The number of carboxylic acid groups (broad SMARTS) is 1. The molecule has 1 aromatic rings. The first-order chi connectivity index (χ1) is 8.70. The predicted molar refractivity (Wildman–Crippen MR) is 69.0 cm³/mol. The van der Waals surface area contributed by atoms with Crippen LogP contribution in [0.4, 0.5) is 5.69 Å². The van der Waals surface area contributed by atoms with Crippen LogP contribution in [-0.4, -0.2) is 36.3 Å². The van der Waals surface area contributed by atoms with E-state index >= 15 is 0 Å². The van der Waals surface area contributed by atoms with Crippen molar-refractivity contribution in [3.63, 3.8) is 0 Å². The van der Waals surface area contributed by atoms with Crippen LogP contribution in [0.25, 0.3) is 0 Å². The molecule has 1 aromatic carbocycles. The van der Waals surface area contributed by atoms with Crippen LogP contribution in [-0.2, 0) is 0 Å². The molecule has 0 spiro atoms. The molecule has 0 bridgehead atoms. The van der Waals surface area contributed by atoms with Gasteiger partial charge in [-0.1, -0.05) is 6.42 Å². The maximum atomic E-state index is 11.2. The number of hydrogen-bond donors (Lipinski definition) is 2. The van der Waals surface area contributed by atoms with Crippen molar-refractivity contribution >= 4 is 11.7 Å². The van der Waals surface area contributed by atoms with E-state index in [-0.39, 0.29) is 5.56 Å². The second kappa shape index (κ2) is 5.73. The van der Waals surface area contributed by atoms with Crippen molar-refractivity contribution in [3.05, 3.63) is 23.8 Å². The zero-order valence-corrected chi connectivity index (χ0v) is 10.5. The maximum absolute atomic E-state index is 11.2. The van der Waals surface area contributed by atoms with Crippen molar-refractivity contribution in [2.75, 3.05) is 25.6 Å². The molecule has 1 aliphatic rings. The molecular weight excluding hydrogens is 232 g/mol. The molecule has 2 rings (SSSR count). The highest BCUT2D eigenvalue weighted by molar-refractivity contribution is 5.94. The molecule has 5 nitrogen and oxygen atoms in total. The first kappa shape index (κ1) is 12.7. The Labute approximate surface area is 106 Å². The van der Waals surface area contributed by atoms with Gasteiger partial charge in [-0.2, -0.15) is 0 Å². The number of hydrogen-bond acceptors (Lipinski definition) is 4. The summed E-state index contributed by atoms with van der Waals surface area (Å²) in [5.74, 6) is -0.281. The third-order valence-electron chi connectivity index (χ3n) is 3.09. The lowest BCUT2D eigenvalue weighted by atomic mass is 10.1. The van der Waals surface area contributed by atoms with Crippen molar-refractivity contribution < 1.29 is 14.6 Å². The molecule has 1 fully saturated rings. The van der Waals surface area contributed by atoms with Gasteiger partial charge in [0.2, 0.25) is 0 Å². The van der Waals surface area contributed by atoms with Crippen LogP contribution >= 0.6 is 0 Å². The Kier molecular flexibility index (Phi) is 4.04. The van der Waals surface area contributed by atoms with E-state index in [9.17, 15) is 4.79 Å². The van der Waals surface area contributed by atoms with Gasteiger partial charge in [0, 0.05) is 19.2 Å². The largest absolute Gasteiger partial charge is 0.497 e. The molecule has 0 saturated carbocycles. The average Bonchev–Trinajstić information content (AvgIpc) is 2.39. The molecule has 1 saturated heterocycles. The topological polar surface area (TPSA) is 61.8 Å². The van der Waals surface area contributed by atoms with Crippen molar-refractivity contribution in [2.24, 2.45) is 0 Å². The molecule has 2 N–H and O–H groups in total. The highest BCUT2D eigenvalue weighted by Gasteiger charge is 2.15. The Bertz CT molecular complexity index is 428. The highest BCUT2D eigenvalue weighted by atomic mass is 16.5. The van der Waals surface area contributed by atoms with Gasteiger partial charge in [0.15, 0.2) is 0 Å². The summed E-state index contributed by atoms with van der Waals surface area (Å²) in [6, 6.07) is 4.94. The van der Waals surface area contributed by atoms with E-state index in [4.69, 9.17) is 9.84 Å². The SMILES string of the molecule is COc1ccc(C(=O)O)c(NN2CCCCC2)c1. The molecule has 5 heteroatoms. The molecule has 0 radical (unpaired) electrons. The van der Waals surface area contributed by atoms with Crippen LogP contribution in [0.15, 0.2) is 18.2 Å². The summed E-state index contributed by atoms with van der Waals surface area (Å²) in [5.41, 5.74) is 4.03. The Balaban J connectivity index is 2.19. The van der Waals surface area contributed by atoms with E-state index in [0.29, 0.717) is 11.4 Å². The molecule has 98 valence electrons. The first-order valence-corrected chi connectivity index (χ1v) is 6.13. The molecule has 0 amide bonds. The smallest absolute Gasteiger partial charge is 0.337 e. The average molecular weight is 250 g/mol. The minimum atomic E-state index is -0.933. The van der Waals surface area contributed by atoms with E-state index in [1.165, 1.54) is 6.42 Å². The molecule has 0 unspecified atom stereocenters. The fraction of sp³-hybridized carbons (Fsp3) is 0.462. The number of methoxy groups -OCH3 is 1. The highest BCUT2D eigenvalue weighted by Crippen LogP contribution is 2.24. The number of piperidine rings is 1. The zero-order valence-electron chi connectivity index (χ0n) is 10.5. The third-order valence-corrected chi connectivity index (χ3v) is 3.09. The lowest BCUT2D eigenvalue weighted by Crippen LogP contribution is -2.35. The van der Waals surface area contributed by atoms with E-state index in [2.05, 4.69) is 10.4 Å². The van der Waals surface area contributed by atoms with E-state index in [1.54, 1.807) is 25.3 Å². The third kappa shape index (κ3) is 2.92. The monoisotopic (exact) mass is 250 g/mol. The molecular formula is C13H18N2O3. The van der Waals surface area contributed by atoms with Gasteiger partial charge in [0.25, 0.3) is 0 Å². The lowest BCUT2D eigenvalue weighted by molar-refractivity contribution is 0.0697. The minimum absolute atomic E-state index is 0.265. The van der Waals surface area contributed by atoms with Crippen LogP contribution in [0.3, 0.4) is 0 Å². The quantitative estimate of drug-likeness (QED) is 0.857. The summed E-state index contributed by atoms with van der Waals surface area (Å²) >= 11 is 0. The fourth-order valence-corrected chi connectivity index (χ4v) is 2.11. The molecule has 0 aromatic heterocycles. The summed E-state index contributed by atoms with van der Waals surface area (Å²) in [7, 11) is 1.57. The van der Waals surface area contributed by atoms with Crippen LogP contribution in [0, 0.1) is 0 Å². The number of hydrazine groups is 1. The van der Waals surface area contributed by atoms with Gasteiger partial charge in [-0.3, -0.25) is 0 Å². The minimum Gasteiger partial charge on any atom is -0.497 e. The molecule has 18 heavy (non-hydrogen) atoms. The predicted octanol–water partition coefficient (Wildman–Crippen LogP) is 2.21. The van der Waals surface area contributed by atoms with E-state index in [1.807, 2.05) is 0 Å². The Morgan fingerprint density at radius 2 is 2.06 bits per heavy atom. The second-order valence-electron chi connectivity index (χ2n) is 4.38. The Hall–Kier alpha value is -1.75. The summed E-state index contributed by atoms with van der Waals surface area (Å²) in [6.45, 7) is 1.88. The van der Waals surface area contributed by atoms with Crippen LogP contribution in [0.2, 0.25) is 0 Å². The van der Waals surface area contributed by atoms with Gasteiger partial charge in [-0.25, -0.2) is 9.80 Å². The standard InChI is InChI=1S/C13H18N2O3/c1-18-10-5-6-11(13(16)17)12(9-10)14-15-7-3-2-4-8-15/h5-6,9,14H,2-4,7-8H2,1H3,(H,16,17). The first-order valence-electron chi connectivity index (χ1n) is 6.13. The van der Waals surface area contributed by atoms with Crippen molar-refractivity contribution in [2.45, 2.75) is 19.3 Å². The maximum Gasteiger partial charge on any atom is 0.337 e. The van der Waals surface area contributed by atoms with Crippen molar-refractivity contribution in [3.8, 4) is 5.75 Å². The number of ether oxygens (including phenoxy) is 1. The number of rotatable bonds is 4. The van der Waals surface area contributed by atoms with E-state index in [0.717, 1.165) is 25.9 Å². The van der Waals surface area contributed by atoms with Gasteiger partial charge in [0.1, 0.15) is 5.75 Å². The summed E-state index contributed by atoms with van der Waals surface area (Å²) in [6.07, 6.45) is 3.51. The van der Waals surface area contributed by atoms with Crippen molar-refractivity contribution in [1.82, 2.24) is 5.01 Å². The van der Waals surface area contributed by atoms with Crippen LogP contribution in [0.5, 0.6) is 5.75 Å². The normalized spacial score (nSPS) is 16.3. The van der Waals surface area contributed by atoms with Gasteiger partial charge < -0.3 is 15.3 Å². The molecule has 0 atom stereocenters. The van der Waals surface area contributed by atoms with Crippen molar-refractivity contribution in [1.29, 1.82) is 0 Å². The van der Waals surface area contributed by atoms with E-state index < -0.39 is 5.97 Å². The number of nitrogens with one attached hydrogen (secondary N) is 1. The second-order valence-corrected chi connectivity index (χ2v) is 4.38. The number of aromatic carboxylic acids is 1. The number of nitrogens with zero attached hydrogens (tertiary/aromatic N) is 1. The summed E-state index contributed by atoms with van der Waals surface area (Å²) in [4.78, 5) is 11.2. The Morgan fingerprint density at radius 3 is 2.67 bits per heavy atom. The van der Waals surface area contributed by atoms with Gasteiger partial charge in [-0.15, -0.1) is 0 Å². The zero-order chi connectivity index (χ0) is 13.0. The molecule has 1 aliphatic heterocycles. The van der Waals surface area contributed by atoms with Gasteiger partial charge >= 0.3 is 5.97 Å². The number of carbonyl (C=O) groups is 1. The van der Waals surface area contributed by atoms with Crippen LogP contribution in [0.1, 0.15) is 29.6 Å². The molecule has 1 heterocycles. The fourth-order valence-electron chi connectivity index (χ4n) is 2.11. The number of benzene rings is 1.